The Morgan fingerprint density at radius 3 is 2.46 bits per heavy atom. The number of Topliss-reactive ketones (excluding diaryl/α,β-unsaturated/α-hetero) is 1. The lowest BCUT2D eigenvalue weighted by molar-refractivity contribution is -0.127. The number of carbonyl (C=O) groups is 3. The Kier molecular flexibility index (Phi) is 5.25. The Hall–Kier alpha value is -1.59. The van der Waals surface area contributed by atoms with Crippen LogP contribution in [0.4, 0.5) is 4.79 Å². The van der Waals surface area contributed by atoms with Gasteiger partial charge in [0.1, 0.15) is 5.78 Å². The van der Waals surface area contributed by atoms with Crippen molar-refractivity contribution >= 4 is 17.8 Å². The third-order valence-corrected chi connectivity index (χ3v) is 0.949. The van der Waals surface area contributed by atoms with Gasteiger partial charge in [0.25, 0.3) is 0 Å². The minimum Gasteiger partial charge on any atom is -0.447 e. The lowest BCUT2D eigenvalue weighted by Crippen LogP contribution is -2.36. The quantitative estimate of drug-likeness (QED) is 0.488. The van der Waals surface area contributed by atoms with E-state index in [1.807, 2.05) is 5.43 Å². The smallest absolute Gasteiger partial charge is 0.447 e. The van der Waals surface area contributed by atoms with Gasteiger partial charge >= 0.3 is 6.09 Å². The van der Waals surface area contributed by atoms with Gasteiger partial charge in [0, 0.05) is 0 Å². The predicted molar refractivity (Wildman–Crippen MR) is 42.6 cm³/mol. The zero-order valence-corrected chi connectivity index (χ0v) is 7.49. The van der Waals surface area contributed by atoms with E-state index in [0.29, 0.717) is 0 Å². The first-order valence-electron chi connectivity index (χ1n) is 3.72. The van der Waals surface area contributed by atoms with E-state index in [2.05, 4.69) is 10.2 Å². The van der Waals surface area contributed by atoms with Gasteiger partial charge in [0.2, 0.25) is 5.91 Å². The first kappa shape index (κ1) is 11.4. The van der Waals surface area contributed by atoms with Crippen molar-refractivity contribution < 1.29 is 19.1 Å². The number of nitrogens with zero attached hydrogens (tertiary/aromatic N) is 1. The zero-order valence-electron chi connectivity index (χ0n) is 7.49. The molecule has 73 valence electrons. The van der Waals surface area contributed by atoms with Gasteiger partial charge in [-0.05, 0) is 13.8 Å². The van der Waals surface area contributed by atoms with E-state index < -0.39 is 12.0 Å². The number of carbonyl (C=O) groups excluding carboxylic acids is 3. The molecule has 6 heteroatoms. The standard InChI is InChI=1S/C7H11N2O4/c1-3-13-7(12)9-8-6(11)4-5(2)10/h3-4H2,1-2H3,(H,8,11). The number of rotatable bonds is 3. The molecule has 0 unspecified atom stereocenters. The molecule has 6 nitrogen and oxygen atoms in total. The summed E-state index contributed by atoms with van der Waals surface area (Å²) in [6.07, 6.45) is -1.16. The second kappa shape index (κ2) is 5.99. The molecular formula is C7H11N2O4. The van der Waals surface area contributed by atoms with Crippen molar-refractivity contribution in [1.29, 1.82) is 0 Å². The summed E-state index contributed by atoms with van der Waals surface area (Å²) in [6.45, 7) is 3.07. The maximum absolute atomic E-state index is 10.7. The molecule has 1 N–H and O–H groups in total. The molecule has 0 aliphatic carbocycles. The van der Waals surface area contributed by atoms with Gasteiger partial charge in [-0.25, -0.2) is 10.2 Å². The highest BCUT2D eigenvalue weighted by Gasteiger charge is 2.08. The summed E-state index contributed by atoms with van der Waals surface area (Å²) in [5.41, 5.74) is 4.94. The van der Waals surface area contributed by atoms with Crippen molar-refractivity contribution in [3.63, 3.8) is 0 Å². The monoisotopic (exact) mass is 187 g/mol. The number of ether oxygens (including phenoxy) is 1. The van der Waals surface area contributed by atoms with Crippen LogP contribution in [0.2, 0.25) is 0 Å². The summed E-state index contributed by atoms with van der Waals surface area (Å²) >= 11 is 0. The molecule has 0 saturated carbocycles. The Balaban J connectivity index is 3.58. The Morgan fingerprint density at radius 2 is 2.00 bits per heavy atom. The maximum atomic E-state index is 10.7. The fraction of sp³-hybridized carbons (Fsp3) is 0.571. The van der Waals surface area contributed by atoms with E-state index in [-0.39, 0.29) is 18.8 Å². The molecule has 0 atom stereocenters. The molecule has 1 radical (unpaired) electrons. The molecule has 0 rings (SSSR count). The summed E-state index contributed by atoms with van der Waals surface area (Å²) < 4.78 is 4.39. The van der Waals surface area contributed by atoms with Crippen molar-refractivity contribution in [3.8, 4) is 0 Å². The molecule has 0 heterocycles. The van der Waals surface area contributed by atoms with Crippen molar-refractivity contribution in [3.05, 3.63) is 0 Å². The average Bonchev–Trinajstić information content (AvgIpc) is 2.00. The maximum Gasteiger partial charge on any atom is 0.450 e. The molecule has 0 spiro atoms. The molecule has 0 aliphatic heterocycles. The number of nitrogens with one attached hydrogen (secondary N) is 1. The minimum atomic E-state index is -0.876. The molecule has 0 aromatic rings. The van der Waals surface area contributed by atoms with Crippen molar-refractivity contribution in [2.24, 2.45) is 0 Å². The van der Waals surface area contributed by atoms with Crippen LogP contribution in [0.25, 0.3) is 0 Å². The summed E-state index contributed by atoms with van der Waals surface area (Å²) in [7, 11) is 0. The van der Waals surface area contributed by atoms with Gasteiger partial charge in [-0.2, -0.15) is 0 Å². The zero-order chi connectivity index (χ0) is 10.3. The highest BCUT2D eigenvalue weighted by molar-refractivity contribution is 5.97. The predicted octanol–water partition coefficient (Wildman–Crippen LogP) is -0.242. The third kappa shape index (κ3) is 6.79. The van der Waals surface area contributed by atoms with Gasteiger partial charge in [0.15, 0.2) is 0 Å². The summed E-state index contributed by atoms with van der Waals surface area (Å²) in [5, 5.41) is 0. The summed E-state index contributed by atoms with van der Waals surface area (Å²) in [5.74, 6) is -0.919. The van der Waals surface area contributed by atoms with Crippen molar-refractivity contribution in [2.75, 3.05) is 6.61 Å². The van der Waals surface area contributed by atoms with Gasteiger partial charge < -0.3 is 4.74 Å². The molecular weight excluding hydrogens is 176 g/mol. The third-order valence-electron chi connectivity index (χ3n) is 0.949. The van der Waals surface area contributed by atoms with Crippen molar-refractivity contribution in [1.82, 2.24) is 10.9 Å². The van der Waals surface area contributed by atoms with Gasteiger partial charge in [-0.15, -0.1) is 0 Å². The number of amides is 2. The SMILES string of the molecule is CCOC(=O)[N]NC(=O)CC(C)=O. The lowest BCUT2D eigenvalue weighted by atomic mass is 10.3. The van der Waals surface area contributed by atoms with E-state index in [9.17, 15) is 14.4 Å². The molecule has 0 aromatic heterocycles. The van der Waals surface area contributed by atoms with Crippen LogP contribution in [-0.4, -0.2) is 24.4 Å². The Bertz CT molecular complexity index is 215. The molecule has 0 aliphatic rings. The fourth-order valence-electron chi connectivity index (χ4n) is 0.529. The number of hydrogen-bond acceptors (Lipinski definition) is 4. The number of ketones is 1. The van der Waals surface area contributed by atoms with Crippen LogP contribution in [0.15, 0.2) is 0 Å². The van der Waals surface area contributed by atoms with E-state index >= 15 is 0 Å². The van der Waals surface area contributed by atoms with Gasteiger partial charge in [0.05, 0.1) is 13.0 Å². The average molecular weight is 187 g/mol. The van der Waals surface area contributed by atoms with Crippen LogP contribution in [-0.2, 0) is 14.3 Å². The van der Waals surface area contributed by atoms with Gasteiger partial charge in [-0.1, -0.05) is 5.43 Å². The van der Waals surface area contributed by atoms with Crippen LogP contribution in [0.1, 0.15) is 20.3 Å². The highest BCUT2D eigenvalue weighted by Crippen LogP contribution is 1.81. The first-order valence-corrected chi connectivity index (χ1v) is 3.72. The molecule has 0 aromatic carbocycles. The van der Waals surface area contributed by atoms with Crippen LogP contribution < -0.4 is 10.9 Å². The van der Waals surface area contributed by atoms with Crippen LogP contribution >= 0.6 is 0 Å². The molecule has 2 amide bonds. The van der Waals surface area contributed by atoms with Crippen LogP contribution in [0, 0.1) is 0 Å². The molecule has 0 saturated heterocycles. The molecule has 0 fully saturated rings. The van der Waals surface area contributed by atoms with E-state index in [0.717, 1.165) is 0 Å². The summed E-state index contributed by atoms with van der Waals surface area (Å²) in [6, 6.07) is 0. The van der Waals surface area contributed by atoms with E-state index in [1.165, 1.54) is 6.92 Å². The van der Waals surface area contributed by atoms with Crippen molar-refractivity contribution in [2.45, 2.75) is 20.3 Å². The Morgan fingerprint density at radius 1 is 1.38 bits per heavy atom. The largest absolute Gasteiger partial charge is 0.450 e. The minimum absolute atomic E-state index is 0.185. The lowest BCUT2D eigenvalue weighted by Gasteiger charge is -2.01. The normalized spacial score (nSPS) is 8.77. The first-order chi connectivity index (χ1) is 6.06. The van der Waals surface area contributed by atoms with E-state index in [1.54, 1.807) is 6.92 Å². The van der Waals surface area contributed by atoms with Crippen LogP contribution in [0.5, 0.6) is 0 Å². The van der Waals surface area contributed by atoms with E-state index in [4.69, 9.17) is 0 Å². The van der Waals surface area contributed by atoms with Gasteiger partial charge in [-0.3, -0.25) is 9.59 Å². The number of hydrogen-bond donors (Lipinski definition) is 1. The Labute approximate surface area is 75.6 Å². The molecule has 0 bridgehead atoms. The fourth-order valence-corrected chi connectivity index (χ4v) is 0.529. The molecule has 13 heavy (non-hydrogen) atoms. The van der Waals surface area contributed by atoms with Crippen LogP contribution in [0.3, 0.4) is 0 Å². The second-order valence-electron chi connectivity index (χ2n) is 2.22. The second-order valence-corrected chi connectivity index (χ2v) is 2.22. The topological polar surface area (TPSA) is 86.6 Å². The summed E-state index contributed by atoms with van der Waals surface area (Å²) in [4.78, 5) is 31.7. The highest BCUT2D eigenvalue weighted by atomic mass is 16.5.